The molecule has 208 valence electrons. The predicted molar refractivity (Wildman–Crippen MR) is 137 cm³/mol. The number of halogens is 3. The molecule has 2 saturated heterocycles. The third-order valence-corrected chi connectivity index (χ3v) is 6.95. The van der Waals surface area contributed by atoms with E-state index in [2.05, 4.69) is 15.1 Å². The summed E-state index contributed by atoms with van der Waals surface area (Å²) in [5.41, 5.74) is -2.02. The van der Waals surface area contributed by atoms with Crippen molar-refractivity contribution in [1.29, 1.82) is 5.26 Å². The van der Waals surface area contributed by atoms with E-state index in [9.17, 15) is 22.8 Å². The van der Waals surface area contributed by atoms with Crippen LogP contribution in [0.4, 0.5) is 24.8 Å². The van der Waals surface area contributed by atoms with Gasteiger partial charge in [-0.25, -0.2) is 15.1 Å². The fraction of sp³-hybridized carbons (Fsp3) is 0.385. The first kappa shape index (κ1) is 26.9. The van der Waals surface area contributed by atoms with Gasteiger partial charge < -0.3 is 19.4 Å². The number of rotatable bonds is 6. The van der Waals surface area contributed by atoms with Crippen LogP contribution in [0.15, 0.2) is 47.7 Å². The van der Waals surface area contributed by atoms with Crippen LogP contribution in [0, 0.1) is 11.3 Å². The number of aromatic nitrogens is 4. The molecule has 5 rings (SSSR count). The van der Waals surface area contributed by atoms with Crippen molar-refractivity contribution in [3.05, 3.63) is 69.9 Å². The summed E-state index contributed by atoms with van der Waals surface area (Å²) < 4.78 is 46.7. The zero-order valence-corrected chi connectivity index (χ0v) is 21.3. The molecule has 1 amide bonds. The van der Waals surface area contributed by atoms with E-state index in [1.807, 2.05) is 16.1 Å². The van der Waals surface area contributed by atoms with Gasteiger partial charge in [-0.15, -0.1) is 0 Å². The molecule has 40 heavy (non-hydrogen) atoms. The predicted octanol–water partition coefficient (Wildman–Crippen LogP) is 2.46. The van der Waals surface area contributed by atoms with Crippen molar-refractivity contribution >= 4 is 17.5 Å². The Kier molecular flexibility index (Phi) is 7.54. The number of nitrogens with zero attached hydrogens (tertiary/aromatic N) is 7. The quantitative estimate of drug-likeness (QED) is 0.488. The zero-order chi connectivity index (χ0) is 28.3. The van der Waals surface area contributed by atoms with Crippen LogP contribution in [0.1, 0.15) is 34.3 Å². The van der Waals surface area contributed by atoms with Gasteiger partial charge in [-0.2, -0.15) is 23.5 Å². The van der Waals surface area contributed by atoms with Gasteiger partial charge >= 0.3 is 6.18 Å². The van der Waals surface area contributed by atoms with Crippen LogP contribution in [0.2, 0.25) is 0 Å². The van der Waals surface area contributed by atoms with E-state index in [0.29, 0.717) is 68.4 Å². The van der Waals surface area contributed by atoms with Gasteiger partial charge in [-0.05, 0) is 31.0 Å². The Hall–Kier alpha value is -4.67. The number of aromatic amines is 1. The van der Waals surface area contributed by atoms with Crippen molar-refractivity contribution in [3.63, 3.8) is 0 Å². The molecule has 0 unspecified atom stereocenters. The average Bonchev–Trinajstić information content (AvgIpc) is 3.44. The maximum absolute atomic E-state index is 13.6. The van der Waals surface area contributed by atoms with Gasteiger partial charge in [0, 0.05) is 38.3 Å². The molecule has 1 aromatic carbocycles. The molecule has 2 aliphatic rings. The maximum Gasteiger partial charge on any atom is 0.423 e. The molecule has 0 radical (unpaired) electrons. The van der Waals surface area contributed by atoms with E-state index < -0.39 is 23.3 Å². The highest BCUT2D eigenvalue weighted by Gasteiger charge is 2.40. The number of carbonyl (C=O) groups excluding carboxylic acids is 1. The Morgan fingerprint density at radius 2 is 1.88 bits per heavy atom. The first-order valence-electron chi connectivity index (χ1n) is 12.7. The molecule has 1 atom stereocenters. The van der Waals surface area contributed by atoms with Crippen LogP contribution in [0.5, 0.6) is 5.75 Å². The first-order chi connectivity index (χ1) is 19.2. The van der Waals surface area contributed by atoms with Crippen molar-refractivity contribution in [2.24, 2.45) is 0 Å². The molecule has 0 aliphatic carbocycles. The number of amides is 1. The lowest BCUT2D eigenvalue weighted by Gasteiger charge is -2.34. The molecule has 2 fully saturated rings. The Balaban J connectivity index is 1.21. The molecule has 2 aromatic heterocycles. The summed E-state index contributed by atoms with van der Waals surface area (Å²) in [6.07, 6.45) is 0.333. The largest absolute Gasteiger partial charge is 0.491 e. The van der Waals surface area contributed by atoms with Crippen molar-refractivity contribution in [2.45, 2.75) is 25.1 Å². The van der Waals surface area contributed by atoms with Crippen molar-refractivity contribution in [2.75, 3.05) is 49.1 Å². The summed E-state index contributed by atoms with van der Waals surface area (Å²) in [5.74, 6) is 0.751. The third-order valence-electron chi connectivity index (χ3n) is 6.95. The molecular weight excluding hydrogens is 529 g/mol. The van der Waals surface area contributed by atoms with Crippen LogP contribution < -0.4 is 20.1 Å². The van der Waals surface area contributed by atoms with Gasteiger partial charge in [-0.1, -0.05) is 6.07 Å². The molecule has 0 saturated carbocycles. The summed E-state index contributed by atoms with van der Waals surface area (Å²) in [5, 5.41) is 14.3. The van der Waals surface area contributed by atoms with Gasteiger partial charge in [0.25, 0.3) is 11.5 Å². The minimum absolute atomic E-state index is 0.0744. The Morgan fingerprint density at radius 1 is 1.12 bits per heavy atom. The maximum atomic E-state index is 13.6. The topological polar surface area (TPSA) is 131 Å². The number of benzene rings is 1. The van der Waals surface area contributed by atoms with E-state index in [4.69, 9.17) is 10.00 Å². The second kappa shape index (κ2) is 11.2. The second-order valence-electron chi connectivity index (χ2n) is 9.45. The van der Waals surface area contributed by atoms with E-state index in [1.165, 1.54) is 17.3 Å². The molecular formula is C26H25F3N8O3. The van der Waals surface area contributed by atoms with Gasteiger partial charge in [0.05, 0.1) is 35.9 Å². The lowest BCUT2D eigenvalue weighted by atomic mass is 10.1. The van der Waals surface area contributed by atoms with E-state index in [-0.39, 0.29) is 18.2 Å². The first-order valence-corrected chi connectivity index (χ1v) is 12.7. The molecule has 0 spiro atoms. The van der Waals surface area contributed by atoms with E-state index in [1.54, 1.807) is 29.2 Å². The highest BCUT2D eigenvalue weighted by molar-refractivity contribution is 5.94. The number of alkyl halides is 3. The molecule has 4 heterocycles. The summed E-state index contributed by atoms with van der Waals surface area (Å²) in [7, 11) is 0. The minimum Gasteiger partial charge on any atom is -0.491 e. The standard InChI is InChI=1S/C26H25F3N8O3/c27-26(28,29)22-21(15-33-34-23(22)38)37-6-2-4-19(37)16-40-20-5-1-3-18(11-20)24(39)35-7-9-36(10-8-35)25-31-13-17(12-30)14-32-25/h1,3,5,11,13-15,19H,2,4,6-10,16H2,(H,34,38)/t19-/m1/s1. The van der Waals surface area contributed by atoms with Crippen LogP contribution in [-0.4, -0.2) is 76.3 Å². The molecule has 2 aliphatic heterocycles. The zero-order valence-electron chi connectivity index (χ0n) is 21.3. The lowest BCUT2D eigenvalue weighted by Crippen LogP contribution is -2.49. The van der Waals surface area contributed by atoms with E-state index in [0.717, 1.165) is 6.20 Å². The van der Waals surface area contributed by atoms with Crippen molar-refractivity contribution < 1.29 is 22.7 Å². The number of H-pyrrole nitrogens is 1. The Bertz CT molecular complexity index is 1460. The molecule has 0 bridgehead atoms. The number of hydrogen-bond donors (Lipinski definition) is 1. The van der Waals surface area contributed by atoms with Gasteiger partial charge in [0.2, 0.25) is 5.95 Å². The summed E-state index contributed by atoms with van der Waals surface area (Å²) >= 11 is 0. The molecule has 14 heteroatoms. The second-order valence-corrected chi connectivity index (χ2v) is 9.45. The molecule has 11 nitrogen and oxygen atoms in total. The summed E-state index contributed by atoms with van der Waals surface area (Å²) in [6.45, 7) is 2.38. The van der Waals surface area contributed by atoms with E-state index >= 15 is 0 Å². The lowest BCUT2D eigenvalue weighted by molar-refractivity contribution is -0.138. The molecule has 3 aromatic rings. The number of nitrogens with one attached hydrogen (secondary N) is 1. The highest BCUT2D eigenvalue weighted by atomic mass is 19.4. The fourth-order valence-corrected chi connectivity index (χ4v) is 4.95. The van der Waals surface area contributed by atoms with Crippen LogP contribution in [-0.2, 0) is 6.18 Å². The van der Waals surface area contributed by atoms with Crippen LogP contribution in [0.3, 0.4) is 0 Å². The monoisotopic (exact) mass is 554 g/mol. The number of anilines is 2. The molecule has 1 N–H and O–H groups in total. The Labute approximate surface area is 226 Å². The summed E-state index contributed by atoms with van der Waals surface area (Å²) in [4.78, 5) is 38.7. The SMILES string of the molecule is N#Cc1cnc(N2CCN(C(=O)c3cccc(OC[C@H]4CCCN4c4cn[nH]c(=O)c4C(F)(F)F)c3)CC2)nc1. The number of carbonyl (C=O) groups is 1. The number of hydrogen-bond acceptors (Lipinski definition) is 9. The smallest absolute Gasteiger partial charge is 0.423 e. The normalized spacial score (nSPS) is 17.6. The Morgan fingerprint density at radius 3 is 2.58 bits per heavy atom. The number of ether oxygens (including phenoxy) is 1. The minimum atomic E-state index is -4.82. The summed E-state index contributed by atoms with van der Waals surface area (Å²) in [6, 6.07) is 8.26. The number of piperazine rings is 1. The third kappa shape index (κ3) is 5.68. The van der Waals surface area contributed by atoms with Crippen LogP contribution in [0.25, 0.3) is 0 Å². The highest BCUT2D eigenvalue weighted by Crippen LogP contribution is 2.36. The fourth-order valence-electron chi connectivity index (χ4n) is 4.95. The van der Waals surface area contributed by atoms with Gasteiger partial charge in [0.15, 0.2) is 0 Å². The van der Waals surface area contributed by atoms with Crippen LogP contribution >= 0.6 is 0 Å². The van der Waals surface area contributed by atoms with Crippen molar-refractivity contribution in [3.8, 4) is 11.8 Å². The number of nitriles is 1. The van der Waals surface area contributed by atoms with Gasteiger partial charge in [0.1, 0.15) is 24.0 Å². The van der Waals surface area contributed by atoms with Crippen molar-refractivity contribution in [1.82, 2.24) is 25.1 Å². The average molecular weight is 555 g/mol. The van der Waals surface area contributed by atoms with Gasteiger partial charge in [-0.3, -0.25) is 9.59 Å².